The van der Waals surface area contributed by atoms with E-state index in [1.165, 1.54) is 38.9 Å². The average Bonchev–Trinajstić information content (AvgIpc) is 3.41. The number of halogens is 1. The normalized spacial score (nSPS) is 12.7. The molecule has 1 aliphatic rings. The Bertz CT molecular complexity index is 2070. The third-order valence-electron chi connectivity index (χ3n) is 9.01. The molecule has 8 rings (SSSR count). The van der Waals surface area contributed by atoms with E-state index < -0.39 is 5.41 Å². The minimum absolute atomic E-state index is 0.457. The second-order valence-corrected chi connectivity index (χ2v) is 12.3. The van der Waals surface area contributed by atoms with E-state index >= 15 is 0 Å². The SMILES string of the molecule is Brc1ccc(N(c2ccccc2)c2ccc3c(c2)C(c2ccccc2)(c2ccccc2)c2ccccc2-3)cc1-c1ccccc1. The fourth-order valence-electron chi connectivity index (χ4n) is 7.09. The van der Waals surface area contributed by atoms with Crippen molar-refractivity contribution in [2.24, 2.45) is 0 Å². The molecule has 0 fully saturated rings. The highest BCUT2D eigenvalue weighted by Gasteiger charge is 2.46. The van der Waals surface area contributed by atoms with E-state index in [1.54, 1.807) is 0 Å². The fraction of sp³-hybridized carbons (Fsp3) is 0.0233. The molecule has 0 atom stereocenters. The van der Waals surface area contributed by atoms with E-state index in [2.05, 4.69) is 203 Å². The molecular formula is C43H30BrN. The summed E-state index contributed by atoms with van der Waals surface area (Å²) in [4.78, 5) is 2.38. The van der Waals surface area contributed by atoms with Crippen molar-refractivity contribution in [3.8, 4) is 22.3 Å². The molecule has 0 unspecified atom stereocenters. The molecule has 0 N–H and O–H groups in total. The lowest BCUT2D eigenvalue weighted by molar-refractivity contribution is 0.768. The number of fused-ring (bicyclic) bond motifs is 3. The number of hydrogen-bond acceptors (Lipinski definition) is 1. The van der Waals surface area contributed by atoms with E-state index in [1.807, 2.05) is 0 Å². The van der Waals surface area contributed by atoms with Crippen LogP contribution >= 0.6 is 15.9 Å². The van der Waals surface area contributed by atoms with Gasteiger partial charge in [-0.05, 0) is 87.0 Å². The van der Waals surface area contributed by atoms with Gasteiger partial charge in [-0.3, -0.25) is 0 Å². The van der Waals surface area contributed by atoms with Crippen molar-refractivity contribution in [1.29, 1.82) is 0 Å². The van der Waals surface area contributed by atoms with E-state index in [9.17, 15) is 0 Å². The molecule has 0 saturated heterocycles. The molecule has 1 aliphatic carbocycles. The lowest BCUT2D eigenvalue weighted by Crippen LogP contribution is -2.28. The third-order valence-corrected chi connectivity index (χ3v) is 9.70. The number of nitrogens with zero attached hydrogens (tertiary/aromatic N) is 1. The van der Waals surface area contributed by atoms with Gasteiger partial charge in [-0.2, -0.15) is 0 Å². The fourth-order valence-corrected chi connectivity index (χ4v) is 7.56. The molecule has 0 heterocycles. The lowest BCUT2D eigenvalue weighted by Gasteiger charge is -2.35. The van der Waals surface area contributed by atoms with Crippen LogP contribution in [0.15, 0.2) is 186 Å². The summed E-state index contributed by atoms with van der Waals surface area (Å²) in [6.07, 6.45) is 0. The van der Waals surface area contributed by atoms with Gasteiger partial charge in [-0.15, -0.1) is 0 Å². The molecule has 214 valence electrons. The van der Waals surface area contributed by atoms with Crippen LogP contribution in [0.1, 0.15) is 22.3 Å². The first-order valence-corrected chi connectivity index (χ1v) is 16.1. The molecule has 0 amide bonds. The lowest BCUT2D eigenvalue weighted by atomic mass is 9.67. The van der Waals surface area contributed by atoms with Gasteiger partial charge in [-0.1, -0.05) is 155 Å². The molecule has 0 saturated carbocycles. The molecule has 45 heavy (non-hydrogen) atoms. The predicted octanol–water partition coefficient (Wildman–Crippen LogP) is 11.9. The Morgan fingerprint density at radius 2 is 0.889 bits per heavy atom. The first kappa shape index (κ1) is 27.4. The summed E-state index contributed by atoms with van der Waals surface area (Å²) in [6, 6.07) is 65.8. The van der Waals surface area contributed by atoms with Crippen molar-refractivity contribution in [2.75, 3.05) is 4.90 Å². The summed E-state index contributed by atoms with van der Waals surface area (Å²) >= 11 is 3.83. The Morgan fingerprint density at radius 1 is 0.378 bits per heavy atom. The highest BCUT2D eigenvalue weighted by molar-refractivity contribution is 9.10. The van der Waals surface area contributed by atoms with Gasteiger partial charge in [0.05, 0.1) is 5.41 Å². The zero-order chi connectivity index (χ0) is 30.2. The second kappa shape index (κ2) is 11.4. The number of rotatable bonds is 6. The van der Waals surface area contributed by atoms with Gasteiger partial charge < -0.3 is 4.90 Å². The Morgan fingerprint density at radius 3 is 1.56 bits per heavy atom. The van der Waals surface area contributed by atoms with Crippen LogP contribution in [0, 0.1) is 0 Å². The predicted molar refractivity (Wildman–Crippen MR) is 192 cm³/mol. The van der Waals surface area contributed by atoms with Crippen LogP contribution in [0.25, 0.3) is 22.3 Å². The van der Waals surface area contributed by atoms with Crippen LogP contribution in [0.3, 0.4) is 0 Å². The molecule has 2 heteroatoms. The smallest absolute Gasteiger partial charge is 0.0714 e. The summed E-state index contributed by atoms with van der Waals surface area (Å²) in [7, 11) is 0. The highest BCUT2D eigenvalue weighted by atomic mass is 79.9. The summed E-state index contributed by atoms with van der Waals surface area (Å²) in [6.45, 7) is 0. The zero-order valence-corrected chi connectivity index (χ0v) is 26.2. The number of anilines is 3. The monoisotopic (exact) mass is 639 g/mol. The molecule has 0 radical (unpaired) electrons. The van der Waals surface area contributed by atoms with Crippen molar-refractivity contribution < 1.29 is 0 Å². The maximum atomic E-state index is 3.83. The van der Waals surface area contributed by atoms with Gasteiger partial charge in [0.1, 0.15) is 0 Å². The largest absolute Gasteiger partial charge is 0.310 e. The van der Waals surface area contributed by atoms with Gasteiger partial charge in [0.2, 0.25) is 0 Å². The minimum atomic E-state index is -0.457. The van der Waals surface area contributed by atoms with Crippen LogP contribution in [-0.4, -0.2) is 0 Å². The molecule has 0 spiro atoms. The Labute approximate surface area is 273 Å². The Hall–Kier alpha value is -5.18. The molecule has 0 bridgehead atoms. The van der Waals surface area contributed by atoms with Crippen molar-refractivity contribution in [1.82, 2.24) is 0 Å². The van der Waals surface area contributed by atoms with E-state index in [0.717, 1.165) is 27.1 Å². The Balaban J connectivity index is 1.40. The molecule has 0 aromatic heterocycles. The number of para-hydroxylation sites is 1. The highest BCUT2D eigenvalue weighted by Crippen LogP contribution is 2.57. The maximum Gasteiger partial charge on any atom is 0.0714 e. The zero-order valence-electron chi connectivity index (χ0n) is 24.6. The van der Waals surface area contributed by atoms with Gasteiger partial charge in [-0.25, -0.2) is 0 Å². The summed E-state index contributed by atoms with van der Waals surface area (Å²) in [5.41, 5.74) is 12.9. The van der Waals surface area contributed by atoms with Crippen LogP contribution in [-0.2, 0) is 5.41 Å². The van der Waals surface area contributed by atoms with E-state index in [-0.39, 0.29) is 0 Å². The van der Waals surface area contributed by atoms with Crippen molar-refractivity contribution in [3.05, 3.63) is 209 Å². The topological polar surface area (TPSA) is 3.24 Å². The van der Waals surface area contributed by atoms with Crippen molar-refractivity contribution >= 4 is 33.0 Å². The van der Waals surface area contributed by atoms with Gasteiger partial charge in [0.25, 0.3) is 0 Å². The van der Waals surface area contributed by atoms with Crippen molar-refractivity contribution in [2.45, 2.75) is 5.41 Å². The molecule has 7 aromatic rings. The second-order valence-electron chi connectivity index (χ2n) is 11.5. The van der Waals surface area contributed by atoms with Crippen LogP contribution in [0.2, 0.25) is 0 Å². The quantitative estimate of drug-likeness (QED) is 0.175. The van der Waals surface area contributed by atoms with Gasteiger partial charge in [0.15, 0.2) is 0 Å². The maximum absolute atomic E-state index is 3.83. The number of benzene rings is 7. The van der Waals surface area contributed by atoms with E-state index in [0.29, 0.717) is 0 Å². The Kier molecular flexibility index (Phi) is 6.93. The molecular weight excluding hydrogens is 610 g/mol. The molecule has 7 aromatic carbocycles. The van der Waals surface area contributed by atoms with Gasteiger partial charge in [0, 0.05) is 21.5 Å². The van der Waals surface area contributed by atoms with Crippen LogP contribution < -0.4 is 4.90 Å². The van der Waals surface area contributed by atoms with Crippen molar-refractivity contribution in [3.63, 3.8) is 0 Å². The van der Waals surface area contributed by atoms with Gasteiger partial charge >= 0.3 is 0 Å². The molecule has 1 nitrogen and oxygen atoms in total. The first-order chi connectivity index (χ1) is 22.2. The summed E-state index contributed by atoms with van der Waals surface area (Å²) < 4.78 is 1.07. The van der Waals surface area contributed by atoms with E-state index in [4.69, 9.17) is 0 Å². The molecule has 0 aliphatic heterocycles. The van der Waals surface area contributed by atoms with Crippen LogP contribution in [0.5, 0.6) is 0 Å². The standard InChI is InChI=1S/C43H30BrN/c44-42-28-26-35(29-39(42)31-15-5-1-6-16-31)45(34-21-11-4-12-22-34)36-25-27-38-37-23-13-14-24-40(37)43(41(38)30-36,32-17-7-2-8-18-32)33-19-9-3-10-20-33/h1-30H. The average molecular weight is 641 g/mol. The number of hydrogen-bond donors (Lipinski definition) is 0. The third kappa shape index (κ3) is 4.53. The summed E-state index contributed by atoms with van der Waals surface area (Å²) in [5.74, 6) is 0. The first-order valence-electron chi connectivity index (χ1n) is 15.3. The minimum Gasteiger partial charge on any atom is -0.310 e. The summed E-state index contributed by atoms with van der Waals surface area (Å²) in [5, 5.41) is 0. The van der Waals surface area contributed by atoms with Crippen LogP contribution in [0.4, 0.5) is 17.1 Å².